The Morgan fingerprint density at radius 3 is 2.66 bits per heavy atom. The molecule has 38 heavy (non-hydrogen) atoms. The summed E-state index contributed by atoms with van der Waals surface area (Å²) in [6, 6.07) is 22.3. The lowest BCUT2D eigenvalue weighted by Gasteiger charge is -2.13. The number of aromatic nitrogens is 1. The van der Waals surface area contributed by atoms with Crippen LogP contribution in [0.5, 0.6) is 5.75 Å². The molecule has 1 unspecified atom stereocenters. The van der Waals surface area contributed by atoms with E-state index >= 15 is 0 Å². The lowest BCUT2D eigenvalue weighted by molar-refractivity contribution is 0.563. The molecule has 192 valence electrons. The highest BCUT2D eigenvalue weighted by molar-refractivity contribution is 7.82. The Kier molecular flexibility index (Phi) is 7.11. The number of rotatable bonds is 7. The Bertz CT molecular complexity index is 1670. The van der Waals surface area contributed by atoms with Crippen molar-refractivity contribution in [1.82, 2.24) is 4.68 Å². The quantitative estimate of drug-likeness (QED) is 0.281. The van der Waals surface area contributed by atoms with Crippen molar-refractivity contribution in [2.24, 2.45) is 5.10 Å². The number of nitrogens with zero attached hydrogens (tertiary/aromatic N) is 3. The van der Waals surface area contributed by atoms with E-state index in [1.165, 1.54) is 0 Å². The number of nitrogens with one attached hydrogen (secondary N) is 1. The van der Waals surface area contributed by atoms with E-state index in [0.29, 0.717) is 29.3 Å². The molecule has 4 aromatic rings. The van der Waals surface area contributed by atoms with Crippen molar-refractivity contribution in [2.45, 2.75) is 40.5 Å². The van der Waals surface area contributed by atoms with Crippen molar-refractivity contribution in [3.05, 3.63) is 116 Å². The minimum absolute atomic E-state index is 0.488. The van der Waals surface area contributed by atoms with Crippen molar-refractivity contribution < 1.29 is 8.39 Å². The first kappa shape index (κ1) is 25.8. The van der Waals surface area contributed by atoms with Gasteiger partial charge in [-0.3, -0.25) is 4.72 Å². The number of aryl methyl sites for hydroxylation is 3. The van der Waals surface area contributed by atoms with Gasteiger partial charge in [0, 0.05) is 17.7 Å². The van der Waals surface area contributed by atoms with Gasteiger partial charge in [-0.1, -0.05) is 48.0 Å². The van der Waals surface area contributed by atoms with Crippen LogP contribution in [0.4, 0.5) is 5.69 Å². The van der Waals surface area contributed by atoms with Gasteiger partial charge in [0.15, 0.2) is 0 Å². The number of hydrogen-bond donors (Lipinski definition) is 1. The molecule has 0 radical (unpaired) electrons. The molecule has 8 heteroatoms. The molecule has 0 spiro atoms. The average Bonchev–Trinajstić information content (AvgIpc) is 3.42. The summed E-state index contributed by atoms with van der Waals surface area (Å²) >= 11 is 4.69. The fourth-order valence-corrected chi connectivity index (χ4v) is 5.53. The van der Waals surface area contributed by atoms with Gasteiger partial charge in [0.1, 0.15) is 17.0 Å². The second-order valence-corrected chi connectivity index (χ2v) is 10.8. The second-order valence-electron chi connectivity index (χ2n) is 9.59. The number of fused-ring (bicyclic) bond motifs is 1. The zero-order valence-electron chi connectivity index (χ0n) is 21.6. The maximum absolute atomic E-state index is 12.7. The highest BCUT2D eigenvalue weighted by atomic mass is 35.5. The van der Waals surface area contributed by atoms with E-state index in [1.807, 2.05) is 69.3 Å². The molecule has 1 aliphatic rings. The molecule has 3 aromatic carbocycles. The molecule has 0 fully saturated rings. The number of halogens is 1. The van der Waals surface area contributed by atoms with Crippen molar-refractivity contribution in [3.8, 4) is 11.8 Å². The van der Waals surface area contributed by atoms with Crippen LogP contribution in [0.1, 0.15) is 50.2 Å². The van der Waals surface area contributed by atoms with Gasteiger partial charge in [0.25, 0.3) is 0 Å². The van der Waals surface area contributed by atoms with Crippen molar-refractivity contribution in [3.63, 3.8) is 0 Å². The van der Waals surface area contributed by atoms with Crippen LogP contribution in [0.2, 0.25) is 5.15 Å². The topological polar surface area (TPSA) is 79.4 Å². The standard InChI is InChI=1S/C30H27ClN4O2S/c1-18-8-9-20(3)29(12-18)37-38(36)34-25-11-10-19(2)24(15-25)14-22-6-5-7-23(13-22)27-16-28-26(17-32)21(4)30(31)35(28)33-27/h5-13,15,34H,14,16H2,1-4H3. The predicted molar refractivity (Wildman–Crippen MR) is 153 cm³/mol. The van der Waals surface area contributed by atoms with Gasteiger partial charge in [-0.15, -0.1) is 0 Å². The smallest absolute Gasteiger partial charge is 0.316 e. The number of hydrogen-bond acceptors (Lipinski definition) is 4. The third-order valence-corrected chi connectivity index (χ3v) is 7.97. The molecule has 1 N–H and O–H groups in total. The summed E-state index contributed by atoms with van der Waals surface area (Å²) in [6.07, 6.45) is 1.26. The molecule has 1 aliphatic heterocycles. The van der Waals surface area contributed by atoms with Crippen molar-refractivity contribution >= 4 is 34.3 Å². The van der Waals surface area contributed by atoms with E-state index in [0.717, 1.165) is 56.0 Å². The van der Waals surface area contributed by atoms with Gasteiger partial charge in [-0.2, -0.15) is 14.6 Å². The van der Waals surface area contributed by atoms with E-state index in [-0.39, 0.29) is 0 Å². The van der Waals surface area contributed by atoms with E-state index in [4.69, 9.17) is 20.9 Å². The maximum atomic E-state index is 12.7. The predicted octanol–water partition coefficient (Wildman–Crippen LogP) is 6.72. The summed E-state index contributed by atoms with van der Waals surface area (Å²) in [4.78, 5) is 0. The van der Waals surface area contributed by atoms with Crippen LogP contribution < -0.4 is 8.91 Å². The molecular formula is C30H27ClN4O2S. The fourth-order valence-electron chi connectivity index (χ4n) is 4.60. The summed E-state index contributed by atoms with van der Waals surface area (Å²) in [7, 11) is 0. The summed E-state index contributed by atoms with van der Waals surface area (Å²) in [6.45, 7) is 7.81. The molecule has 0 saturated carbocycles. The van der Waals surface area contributed by atoms with Crippen LogP contribution in [0.15, 0.2) is 65.8 Å². The minimum Gasteiger partial charge on any atom is -0.385 e. The maximum Gasteiger partial charge on any atom is 0.316 e. The average molecular weight is 543 g/mol. The van der Waals surface area contributed by atoms with Crippen molar-refractivity contribution in [2.75, 3.05) is 4.72 Å². The van der Waals surface area contributed by atoms with Crippen molar-refractivity contribution in [1.29, 1.82) is 5.26 Å². The fraction of sp³-hybridized carbons (Fsp3) is 0.200. The molecule has 2 heterocycles. The van der Waals surface area contributed by atoms with Crippen LogP contribution in [-0.4, -0.2) is 14.6 Å². The lowest BCUT2D eigenvalue weighted by Crippen LogP contribution is -2.12. The highest BCUT2D eigenvalue weighted by Crippen LogP contribution is 2.31. The molecule has 0 amide bonds. The Morgan fingerprint density at radius 1 is 1.08 bits per heavy atom. The van der Waals surface area contributed by atoms with Crippen LogP contribution in [0.25, 0.3) is 0 Å². The van der Waals surface area contributed by atoms with E-state index < -0.39 is 11.3 Å². The van der Waals surface area contributed by atoms with Crippen LogP contribution in [0, 0.1) is 39.0 Å². The van der Waals surface area contributed by atoms with Crippen LogP contribution in [-0.2, 0) is 24.1 Å². The van der Waals surface area contributed by atoms with Crippen LogP contribution in [0.3, 0.4) is 0 Å². The van der Waals surface area contributed by atoms with Gasteiger partial charge >= 0.3 is 11.3 Å². The molecule has 0 bridgehead atoms. The first-order chi connectivity index (χ1) is 18.2. The summed E-state index contributed by atoms with van der Waals surface area (Å²) < 4.78 is 23.0. The summed E-state index contributed by atoms with van der Waals surface area (Å²) in [5.41, 5.74) is 10.1. The zero-order valence-corrected chi connectivity index (χ0v) is 23.2. The van der Waals surface area contributed by atoms with Gasteiger partial charge in [0.05, 0.1) is 17.0 Å². The largest absolute Gasteiger partial charge is 0.385 e. The Labute approximate surface area is 230 Å². The summed E-state index contributed by atoms with van der Waals surface area (Å²) in [5.74, 6) is 0.597. The zero-order chi connectivity index (χ0) is 27.0. The molecule has 0 saturated heterocycles. The first-order valence-corrected chi connectivity index (χ1v) is 13.7. The number of nitriles is 1. The van der Waals surface area contributed by atoms with E-state index in [1.54, 1.807) is 4.68 Å². The molecule has 0 aliphatic carbocycles. The first-order valence-electron chi connectivity index (χ1n) is 12.2. The molecule has 1 atom stereocenters. The molecular weight excluding hydrogens is 516 g/mol. The minimum atomic E-state index is -1.73. The van der Waals surface area contributed by atoms with Crippen LogP contribution >= 0.6 is 11.6 Å². The lowest BCUT2D eigenvalue weighted by atomic mass is 9.96. The van der Waals surface area contributed by atoms with E-state index in [2.05, 4.69) is 29.8 Å². The Morgan fingerprint density at radius 2 is 1.87 bits per heavy atom. The molecule has 1 aromatic heterocycles. The van der Waals surface area contributed by atoms with Gasteiger partial charge in [0.2, 0.25) is 0 Å². The third-order valence-electron chi connectivity index (χ3n) is 6.80. The molecule has 6 nitrogen and oxygen atoms in total. The van der Waals surface area contributed by atoms with Gasteiger partial charge < -0.3 is 4.18 Å². The number of benzene rings is 3. The highest BCUT2D eigenvalue weighted by Gasteiger charge is 2.26. The second kappa shape index (κ2) is 10.5. The third kappa shape index (κ3) is 5.10. The molecule has 5 rings (SSSR count). The summed E-state index contributed by atoms with van der Waals surface area (Å²) in [5, 5.41) is 14.7. The van der Waals surface area contributed by atoms with E-state index in [9.17, 15) is 9.47 Å². The van der Waals surface area contributed by atoms with Gasteiger partial charge in [-0.25, -0.2) is 4.68 Å². The monoisotopic (exact) mass is 542 g/mol. The number of anilines is 1. The normalized spacial score (nSPS) is 13.0. The SMILES string of the molecule is Cc1ccc(C)c(OS(=O)Nc2ccc(C)c(Cc3cccc(C4=Nn5c(Cl)c(C)c(C#N)c5C4)c3)c2)c1. The Hall–Kier alpha value is -3.86. The van der Waals surface area contributed by atoms with Gasteiger partial charge in [-0.05, 0) is 91.8 Å². The Balaban J connectivity index is 1.33.